The molecular formula is C14H11N3S3. The van der Waals surface area contributed by atoms with Gasteiger partial charge in [-0.15, -0.1) is 11.3 Å². The summed E-state index contributed by atoms with van der Waals surface area (Å²) in [5.74, 6) is 1.65. The van der Waals surface area contributed by atoms with Crippen molar-refractivity contribution in [2.45, 2.75) is 27.4 Å². The summed E-state index contributed by atoms with van der Waals surface area (Å²) in [4.78, 5) is 9.25. The molecule has 2 heterocycles. The third-order valence-electron chi connectivity index (χ3n) is 3.09. The number of hydrogen-bond acceptors (Lipinski definition) is 6. The smallest absolute Gasteiger partial charge is 0.177 e. The van der Waals surface area contributed by atoms with E-state index in [0.29, 0.717) is 5.92 Å². The van der Waals surface area contributed by atoms with Crippen LogP contribution in [0, 0.1) is 0 Å². The monoisotopic (exact) mass is 317 g/mol. The van der Waals surface area contributed by atoms with Crippen molar-refractivity contribution in [2.24, 2.45) is 0 Å². The second-order valence-electron chi connectivity index (χ2n) is 4.66. The average Bonchev–Trinajstić information content (AvgIpc) is 3.06. The third kappa shape index (κ3) is 2.63. The molecule has 1 fully saturated rings. The summed E-state index contributed by atoms with van der Waals surface area (Å²) in [6.07, 6.45) is 2.49. The average molecular weight is 317 g/mol. The van der Waals surface area contributed by atoms with Gasteiger partial charge in [-0.3, -0.25) is 0 Å². The minimum Gasteiger partial charge on any atom is -0.229 e. The summed E-state index contributed by atoms with van der Waals surface area (Å²) in [6, 6.07) is 10.3. The maximum absolute atomic E-state index is 4.67. The van der Waals surface area contributed by atoms with Crippen LogP contribution in [0.1, 0.15) is 24.6 Å². The molecule has 1 aliphatic rings. The lowest BCUT2D eigenvalue weighted by Crippen LogP contribution is -1.81. The summed E-state index contributed by atoms with van der Waals surface area (Å²) in [5, 5.41) is 2.10. The van der Waals surface area contributed by atoms with E-state index in [9.17, 15) is 0 Å². The summed E-state index contributed by atoms with van der Waals surface area (Å²) in [6.45, 7) is 0. The fourth-order valence-corrected chi connectivity index (χ4v) is 4.60. The van der Waals surface area contributed by atoms with Crippen LogP contribution in [0.3, 0.4) is 0 Å². The first kappa shape index (κ1) is 12.5. The molecule has 1 aliphatic carbocycles. The Bertz CT molecular complexity index is 716. The molecule has 0 aliphatic heterocycles. The van der Waals surface area contributed by atoms with Crippen molar-refractivity contribution < 1.29 is 0 Å². The number of benzene rings is 1. The zero-order valence-electron chi connectivity index (χ0n) is 10.5. The van der Waals surface area contributed by atoms with E-state index in [1.807, 2.05) is 18.2 Å². The Kier molecular flexibility index (Phi) is 3.29. The SMILES string of the molecule is c1ccc(-c2csc(Sc3nc(C4CC4)ns3)n2)cc1. The van der Waals surface area contributed by atoms with Gasteiger partial charge >= 0.3 is 0 Å². The lowest BCUT2D eigenvalue weighted by molar-refractivity contribution is 0.958. The van der Waals surface area contributed by atoms with Crippen molar-refractivity contribution >= 4 is 34.6 Å². The van der Waals surface area contributed by atoms with Crippen LogP contribution in [-0.4, -0.2) is 14.3 Å². The zero-order valence-corrected chi connectivity index (χ0v) is 13.0. The molecular weight excluding hydrogens is 306 g/mol. The molecule has 0 saturated heterocycles. The Morgan fingerprint density at radius 1 is 1.05 bits per heavy atom. The van der Waals surface area contributed by atoms with E-state index < -0.39 is 0 Å². The highest BCUT2D eigenvalue weighted by Crippen LogP contribution is 2.41. The molecule has 0 unspecified atom stereocenters. The van der Waals surface area contributed by atoms with E-state index in [1.165, 1.54) is 24.4 Å². The van der Waals surface area contributed by atoms with E-state index in [0.717, 1.165) is 25.8 Å². The maximum atomic E-state index is 4.67. The highest BCUT2D eigenvalue weighted by atomic mass is 32.2. The highest BCUT2D eigenvalue weighted by molar-refractivity contribution is 8.02. The van der Waals surface area contributed by atoms with Crippen LogP contribution in [-0.2, 0) is 0 Å². The first-order valence-electron chi connectivity index (χ1n) is 6.41. The first-order valence-corrected chi connectivity index (χ1v) is 8.88. The van der Waals surface area contributed by atoms with E-state index in [2.05, 4.69) is 31.9 Å². The highest BCUT2D eigenvalue weighted by Gasteiger charge is 2.28. The van der Waals surface area contributed by atoms with Gasteiger partial charge in [-0.2, -0.15) is 4.37 Å². The van der Waals surface area contributed by atoms with Crippen LogP contribution in [0.15, 0.2) is 44.4 Å². The number of rotatable bonds is 4. The molecule has 0 radical (unpaired) electrons. The molecule has 1 aromatic carbocycles. The third-order valence-corrected chi connectivity index (χ3v) is 5.80. The molecule has 100 valence electrons. The molecule has 0 bridgehead atoms. The summed E-state index contributed by atoms with van der Waals surface area (Å²) < 4.78 is 6.46. The predicted octanol–water partition coefficient (Wildman–Crippen LogP) is 4.69. The molecule has 0 spiro atoms. The van der Waals surface area contributed by atoms with Crippen molar-refractivity contribution in [1.29, 1.82) is 0 Å². The Labute approximate surface area is 129 Å². The van der Waals surface area contributed by atoms with Crippen LogP contribution in [0.5, 0.6) is 0 Å². The van der Waals surface area contributed by atoms with Gasteiger partial charge < -0.3 is 0 Å². The molecule has 1 saturated carbocycles. The number of nitrogens with zero attached hydrogens (tertiary/aromatic N) is 3. The standard InChI is InChI=1S/C14H11N3S3/c1-2-4-9(5-3-1)11-8-18-13(15-11)19-14-16-12(17-20-14)10-6-7-10/h1-5,8,10H,6-7H2. The second-order valence-corrected chi connectivity index (χ2v) is 7.76. The Balaban J connectivity index is 1.52. The summed E-state index contributed by atoms with van der Waals surface area (Å²) >= 11 is 4.77. The van der Waals surface area contributed by atoms with Crippen molar-refractivity contribution in [3.05, 3.63) is 41.5 Å². The van der Waals surface area contributed by atoms with Crippen molar-refractivity contribution in [2.75, 3.05) is 0 Å². The van der Waals surface area contributed by atoms with Crippen molar-refractivity contribution in [1.82, 2.24) is 14.3 Å². The van der Waals surface area contributed by atoms with Gasteiger partial charge in [0.15, 0.2) is 8.68 Å². The van der Waals surface area contributed by atoms with Crippen molar-refractivity contribution in [3.8, 4) is 11.3 Å². The van der Waals surface area contributed by atoms with Gasteiger partial charge in [0.1, 0.15) is 5.82 Å². The van der Waals surface area contributed by atoms with Gasteiger partial charge in [0.05, 0.1) is 5.69 Å². The normalized spacial score (nSPS) is 14.6. The van der Waals surface area contributed by atoms with E-state index in [1.54, 1.807) is 23.1 Å². The molecule has 20 heavy (non-hydrogen) atoms. The topological polar surface area (TPSA) is 38.7 Å². The maximum Gasteiger partial charge on any atom is 0.177 e. The van der Waals surface area contributed by atoms with Crippen LogP contribution in [0.4, 0.5) is 0 Å². The molecule has 4 rings (SSSR count). The van der Waals surface area contributed by atoms with Gasteiger partial charge in [-0.25, -0.2) is 9.97 Å². The van der Waals surface area contributed by atoms with Crippen LogP contribution in [0.25, 0.3) is 11.3 Å². The van der Waals surface area contributed by atoms with E-state index >= 15 is 0 Å². The molecule has 3 nitrogen and oxygen atoms in total. The zero-order chi connectivity index (χ0) is 13.4. The van der Waals surface area contributed by atoms with Gasteiger partial charge in [-0.05, 0) is 36.1 Å². The lowest BCUT2D eigenvalue weighted by Gasteiger charge is -1.94. The van der Waals surface area contributed by atoms with E-state index in [-0.39, 0.29) is 0 Å². The first-order chi connectivity index (χ1) is 9.88. The number of hydrogen-bond donors (Lipinski definition) is 0. The van der Waals surface area contributed by atoms with E-state index in [4.69, 9.17) is 0 Å². The Morgan fingerprint density at radius 3 is 2.70 bits per heavy atom. The van der Waals surface area contributed by atoms with Crippen LogP contribution in [0.2, 0.25) is 0 Å². The Hall–Kier alpha value is -1.24. The summed E-state index contributed by atoms with van der Waals surface area (Å²) in [7, 11) is 0. The number of thiazole rings is 1. The van der Waals surface area contributed by atoms with Crippen molar-refractivity contribution in [3.63, 3.8) is 0 Å². The van der Waals surface area contributed by atoms with Gasteiger partial charge in [0.25, 0.3) is 0 Å². The van der Waals surface area contributed by atoms with Crippen LogP contribution >= 0.6 is 34.6 Å². The Morgan fingerprint density at radius 2 is 1.90 bits per heavy atom. The predicted molar refractivity (Wildman–Crippen MR) is 83.6 cm³/mol. The quantitative estimate of drug-likeness (QED) is 0.699. The molecule has 0 atom stereocenters. The number of aromatic nitrogens is 3. The fraction of sp³-hybridized carbons (Fsp3) is 0.214. The molecule has 6 heteroatoms. The van der Waals surface area contributed by atoms with Gasteiger partial charge in [0.2, 0.25) is 0 Å². The fourth-order valence-electron chi connectivity index (χ4n) is 1.89. The van der Waals surface area contributed by atoms with Gasteiger partial charge in [-0.1, -0.05) is 30.3 Å². The van der Waals surface area contributed by atoms with Gasteiger partial charge in [0, 0.05) is 16.9 Å². The molecule has 0 amide bonds. The minimum atomic E-state index is 0.622. The molecule has 0 N–H and O–H groups in total. The summed E-state index contributed by atoms with van der Waals surface area (Å²) in [5.41, 5.74) is 2.19. The largest absolute Gasteiger partial charge is 0.229 e. The second kappa shape index (κ2) is 5.27. The minimum absolute atomic E-state index is 0.622. The molecule has 3 aromatic rings. The molecule has 2 aromatic heterocycles. The van der Waals surface area contributed by atoms with Crippen LogP contribution < -0.4 is 0 Å². The lowest BCUT2D eigenvalue weighted by atomic mass is 10.2.